The van der Waals surface area contributed by atoms with Gasteiger partial charge in [0.2, 0.25) is 0 Å². The molecule has 0 N–H and O–H groups in total. The van der Waals surface area contributed by atoms with Crippen LogP contribution >= 0.6 is 22.7 Å². The number of anilines is 3. The van der Waals surface area contributed by atoms with Crippen LogP contribution in [0, 0.1) is 0 Å². The van der Waals surface area contributed by atoms with Gasteiger partial charge >= 0.3 is 0 Å². The molecule has 0 saturated carbocycles. The molecule has 0 aliphatic heterocycles. The van der Waals surface area contributed by atoms with Gasteiger partial charge < -0.3 is 9.47 Å². The van der Waals surface area contributed by atoms with Gasteiger partial charge in [0, 0.05) is 73.9 Å². The van der Waals surface area contributed by atoms with Crippen molar-refractivity contribution in [1.82, 2.24) is 4.57 Å². The van der Waals surface area contributed by atoms with E-state index in [1.54, 1.807) is 0 Å². The van der Waals surface area contributed by atoms with Gasteiger partial charge in [0.05, 0.1) is 11.0 Å². The number of aromatic nitrogens is 1. The van der Waals surface area contributed by atoms with Crippen LogP contribution in [0.5, 0.6) is 0 Å². The zero-order valence-corrected chi connectivity index (χ0v) is 33.2. The average Bonchev–Trinajstić information content (AvgIpc) is 3.96. The van der Waals surface area contributed by atoms with Crippen molar-refractivity contribution in [3.8, 4) is 27.9 Å². The summed E-state index contributed by atoms with van der Waals surface area (Å²) in [5, 5.41) is 7.86. The van der Waals surface area contributed by atoms with Crippen LogP contribution in [0.3, 0.4) is 0 Å². The molecule has 0 radical (unpaired) electrons. The van der Waals surface area contributed by atoms with Crippen LogP contribution in [-0.2, 0) is 0 Å². The topological polar surface area (TPSA) is 8.17 Å². The average molecular weight is 777 g/mol. The first kappa shape index (κ1) is 33.4. The van der Waals surface area contributed by atoms with Crippen molar-refractivity contribution >= 4 is 104 Å². The van der Waals surface area contributed by atoms with E-state index in [0.717, 1.165) is 24.2 Å². The van der Waals surface area contributed by atoms with Gasteiger partial charge in [-0.3, -0.25) is 0 Å². The van der Waals surface area contributed by atoms with Crippen LogP contribution < -0.4 is 14.7 Å². The first-order valence-electron chi connectivity index (χ1n) is 20.0. The van der Waals surface area contributed by atoms with Crippen molar-refractivity contribution in [1.29, 1.82) is 0 Å². The molecule has 58 heavy (non-hydrogen) atoms. The molecule has 1 aliphatic rings. The van der Waals surface area contributed by atoms with Crippen LogP contribution in [-0.4, -0.2) is 4.57 Å². The fourth-order valence-corrected chi connectivity index (χ4v) is 11.5. The van der Waals surface area contributed by atoms with Gasteiger partial charge in [-0.25, -0.2) is 0 Å². The molecule has 1 aliphatic carbocycles. The maximum absolute atomic E-state index is 2.47. The maximum atomic E-state index is 2.47. The van der Waals surface area contributed by atoms with Crippen LogP contribution in [0.15, 0.2) is 182 Å². The summed E-state index contributed by atoms with van der Waals surface area (Å²) < 4.78 is 7.82. The lowest BCUT2D eigenvalue weighted by Crippen LogP contribution is -2.20. The number of fused-ring (bicyclic) bond motifs is 9. The minimum absolute atomic E-state index is 1.12. The summed E-state index contributed by atoms with van der Waals surface area (Å²) in [7, 11) is 0. The fourth-order valence-electron chi connectivity index (χ4n) is 9.10. The molecule has 0 saturated heterocycles. The maximum Gasteiger partial charge on any atom is 0.0541 e. The van der Waals surface area contributed by atoms with Crippen LogP contribution in [0.25, 0.3) is 92.2 Å². The highest BCUT2D eigenvalue weighted by Crippen LogP contribution is 2.45. The third-order valence-corrected chi connectivity index (χ3v) is 14.2. The Balaban J connectivity index is 1.03. The monoisotopic (exact) mass is 776 g/mol. The Kier molecular flexibility index (Phi) is 7.75. The van der Waals surface area contributed by atoms with Gasteiger partial charge in [0.15, 0.2) is 0 Å². The molecule has 3 aromatic heterocycles. The second kappa shape index (κ2) is 13.5. The fraction of sp³-hybridized carbons (Fsp3) is 0.0370. The first-order chi connectivity index (χ1) is 28.7. The second-order valence-corrected chi connectivity index (χ2v) is 17.3. The highest BCUT2D eigenvalue weighted by Gasteiger charge is 2.19. The zero-order chi connectivity index (χ0) is 38.2. The summed E-state index contributed by atoms with van der Waals surface area (Å²) in [4.78, 5) is 2.39. The van der Waals surface area contributed by atoms with Crippen molar-refractivity contribution < 1.29 is 0 Å². The second-order valence-electron chi connectivity index (χ2n) is 15.2. The van der Waals surface area contributed by atoms with Crippen LogP contribution in [0.1, 0.15) is 12.8 Å². The van der Waals surface area contributed by atoms with E-state index in [0.29, 0.717) is 0 Å². The number of rotatable bonds is 6. The molecule has 11 aromatic rings. The SMILES string of the molecule is C1=c2sc3cc(N(c4ccccc4)c4ccc(-c5cc(-n6c7ccccc7c7cc(-c8ccccc8)ccc76)cc6c5sc5ccccc56)cc4)ccc3c2=CCC1. The molecule has 8 aromatic carbocycles. The Labute approximate surface area is 344 Å². The van der Waals surface area contributed by atoms with E-state index < -0.39 is 0 Å². The predicted octanol–water partition coefficient (Wildman–Crippen LogP) is 14.5. The molecule has 0 amide bonds. The Morgan fingerprint density at radius 3 is 1.97 bits per heavy atom. The van der Waals surface area contributed by atoms with Gasteiger partial charge in [-0.2, -0.15) is 0 Å². The Morgan fingerprint density at radius 2 is 1.10 bits per heavy atom. The molecular formula is C54H36N2S2. The number of thiophene rings is 2. The molecule has 12 rings (SSSR count). The van der Waals surface area contributed by atoms with Crippen molar-refractivity contribution in [3.05, 3.63) is 192 Å². The van der Waals surface area contributed by atoms with E-state index in [9.17, 15) is 0 Å². The van der Waals surface area contributed by atoms with E-state index >= 15 is 0 Å². The molecule has 3 heterocycles. The lowest BCUT2D eigenvalue weighted by Gasteiger charge is -2.25. The van der Waals surface area contributed by atoms with Crippen molar-refractivity contribution in [2.45, 2.75) is 12.8 Å². The van der Waals surface area contributed by atoms with Gasteiger partial charge in [0.25, 0.3) is 0 Å². The summed E-state index contributed by atoms with van der Waals surface area (Å²) in [5.74, 6) is 0. The van der Waals surface area contributed by atoms with Gasteiger partial charge in [-0.1, -0.05) is 121 Å². The predicted molar refractivity (Wildman–Crippen MR) is 252 cm³/mol. The summed E-state index contributed by atoms with van der Waals surface area (Å²) in [6.45, 7) is 0. The van der Waals surface area contributed by atoms with E-state index in [4.69, 9.17) is 0 Å². The molecule has 4 heteroatoms. The molecule has 2 nitrogen and oxygen atoms in total. The quantitative estimate of drug-likeness (QED) is 0.163. The first-order valence-corrected chi connectivity index (χ1v) is 21.6. The third kappa shape index (κ3) is 5.37. The van der Waals surface area contributed by atoms with Gasteiger partial charge in [-0.05, 0) is 108 Å². The Bertz CT molecular complexity index is 3500. The summed E-state index contributed by atoms with van der Waals surface area (Å²) in [5.41, 5.74) is 11.9. The molecule has 0 unspecified atom stereocenters. The highest BCUT2D eigenvalue weighted by atomic mass is 32.1. The number of para-hydroxylation sites is 2. The minimum Gasteiger partial charge on any atom is -0.310 e. The molecule has 274 valence electrons. The molecule has 0 spiro atoms. The minimum atomic E-state index is 1.12. The van der Waals surface area contributed by atoms with E-state index in [2.05, 4.69) is 204 Å². The molecule has 0 fully saturated rings. The highest BCUT2D eigenvalue weighted by molar-refractivity contribution is 7.26. The largest absolute Gasteiger partial charge is 0.310 e. The number of nitrogens with zero attached hydrogens (tertiary/aromatic N) is 2. The Morgan fingerprint density at radius 1 is 0.414 bits per heavy atom. The summed E-state index contributed by atoms with van der Waals surface area (Å²) in [6, 6.07) is 67.1. The smallest absolute Gasteiger partial charge is 0.0541 e. The van der Waals surface area contributed by atoms with Gasteiger partial charge in [0.1, 0.15) is 0 Å². The normalized spacial score (nSPS) is 12.6. The lowest BCUT2D eigenvalue weighted by molar-refractivity contribution is 1.13. The van der Waals surface area contributed by atoms with E-state index in [-0.39, 0.29) is 0 Å². The summed E-state index contributed by atoms with van der Waals surface area (Å²) >= 11 is 3.80. The molecule has 0 atom stereocenters. The summed E-state index contributed by atoms with van der Waals surface area (Å²) in [6.07, 6.45) is 7.06. The van der Waals surface area contributed by atoms with E-state index in [1.165, 1.54) is 95.4 Å². The number of benzene rings is 8. The lowest BCUT2D eigenvalue weighted by atomic mass is 10.0. The Hall–Kier alpha value is -6.72. The molecule has 0 bridgehead atoms. The van der Waals surface area contributed by atoms with Crippen molar-refractivity contribution in [2.75, 3.05) is 4.90 Å². The number of hydrogen-bond donors (Lipinski definition) is 0. The zero-order valence-electron chi connectivity index (χ0n) is 31.6. The standard InChI is InChI=1S/C54H36N2S2/c1-3-13-35(14-4-1)37-25-30-50-47(31-37)42-17-7-10-20-49(42)56(50)41-32-46(54-48(33-41)44-19-9-12-22-52(44)58-54)36-23-26-39(27-24-36)55(38-15-5-2-6-16-38)40-28-29-45-43-18-8-11-21-51(43)57-53(45)34-40/h1-7,9-10,12-34H,8,11H2. The van der Waals surface area contributed by atoms with Crippen molar-refractivity contribution in [3.63, 3.8) is 0 Å². The van der Waals surface area contributed by atoms with Crippen LogP contribution in [0.4, 0.5) is 17.1 Å². The third-order valence-electron chi connectivity index (χ3n) is 11.8. The van der Waals surface area contributed by atoms with Crippen molar-refractivity contribution in [2.24, 2.45) is 0 Å². The van der Waals surface area contributed by atoms with Crippen LogP contribution in [0.2, 0.25) is 0 Å². The molecular weight excluding hydrogens is 741 g/mol. The number of hydrogen-bond acceptors (Lipinski definition) is 3. The van der Waals surface area contributed by atoms with E-state index in [1.807, 2.05) is 22.7 Å². The van der Waals surface area contributed by atoms with Gasteiger partial charge in [-0.15, -0.1) is 22.7 Å².